The fourth-order valence-corrected chi connectivity index (χ4v) is 8.95. The van der Waals surface area contributed by atoms with E-state index in [4.69, 9.17) is 18.9 Å². The lowest BCUT2D eigenvalue weighted by Crippen LogP contribution is -2.59. The molecule has 2 bridgehead atoms. The maximum absolute atomic E-state index is 14.7. The number of hydrogen-bond acceptors (Lipinski definition) is 10. The Bertz CT molecular complexity index is 1410. The minimum Gasteiger partial charge on any atom is -0.455 e. The molecule has 9 atom stereocenters. The summed E-state index contributed by atoms with van der Waals surface area (Å²) in [7, 11) is 1.50. The van der Waals surface area contributed by atoms with Crippen molar-refractivity contribution in [3.63, 3.8) is 0 Å². The SMILES string of the molecule is C=CCCC(=O)N[C@H](COC)[C@H](OC(=O)[C@@H]1[C@H]2O[C@@]3(CC2Br)[C@H](C(=O)N(CC=C)CCN2CCOCC2)N([C@H](C)CO)C(=O)[C@@H]13)c1ccccc1. The van der Waals surface area contributed by atoms with Gasteiger partial charge in [0.15, 0.2) is 0 Å². The molecular formula is C37H51BrN4O9. The maximum Gasteiger partial charge on any atom is 0.313 e. The van der Waals surface area contributed by atoms with E-state index in [0.29, 0.717) is 44.7 Å². The number of methoxy groups -OCH3 is 1. The standard InChI is InChI=1S/C37H51BrN4O9/c1-5-7-13-28(44)39-27(23-48-4)31(25-11-9-8-10-12-25)50-36(47)29-30-34(45)42(24(3)22-43)33(37(30)21-26(38)32(29)51-37)35(46)41(14-6-2)16-15-40-17-19-49-20-18-40/h5-6,8-12,24,26-27,29-33,43H,1-2,7,13-23H2,3-4H3,(H,39,44)/t24-,26?,27-,29+,30-,31-,32+,33+,37-/m1/s1. The lowest BCUT2D eigenvalue weighted by molar-refractivity contribution is -0.163. The Morgan fingerprint density at radius 3 is 2.57 bits per heavy atom. The number of esters is 1. The first-order valence-corrected chi connectivity index (χ1v) is 18.6. The van der Waals surface area contributed by atoms with E-state index in [9.17, 15) is 24.3 Å². The number of benzene rings is 1. The summed E-state index contributed by atoms with van der Waals surface area (Å²) in [6.07, 6.45) is 2.57. The van der Waals surface area contributed by atoms with Gasteiger partial charge in [0, 0.05) is 51.1 Å². The number of rotatable bonds is 18. The fraction of sp³-hybridized carbons (Fsp3) is 0.622. The van der Waals surface area contributed by atoms with E-state index in [1.807, 2.05) is 18.2 Å². The summed E-state index contributed by atoms with van der Waals surface area (Å²) in [5.74, 6) is -3.79. The van der Waals surface area contributed by atoms with Crippen LogP contribution in [0.4, 0.5) is 0 Å². The summed E-state index contributed by atoms with van der Waals surface area (Å²) < 4.78 is 23.9. The van der Waals surface area contributed by atoms with Crippen molar-refractivity contribution >= 4 is 39.6 Å². The average Bonchev–Trinajstić information content (AvgIpc) is 3.74. The number of hydrogen-bond donors (Lipinski definition) is 2. The topological polar surface area (TPSA) is 147 Å². The number of fused-ring (bicyclic) bond motifs is 1. The van der Waals surface area contributed by atoms with E-state index >= 15 is 0 Å². The van der Waals surface area contributed by atoms with Crippen molar-refractivity contribution in [3.05, 3.63) is 61.2 Å². The quantitative estimate of drug-likeness (QED) is 0.129. The molecular weight excluding hydrogens is 724 g/mol. The molecule has 4 aliphatic heterocycles. The van der Waals surface area contributed by atoms with Crippen LogP contribution in [0.2, 0.25) is 0 Å². The fourth-order valence-electron chi connectivity index (χ4n) is 8.01. The number of halogens is 1. The monoisotopic (exact) mass is 774 g/mol. The number of alkyl halides is 1. The predicted octanol–water partition coefficient (Wildman–Crippen LogP) is 1.84. The number of aliphatic hydroxyl groups excluding tert-OH is 1. The first kappa shape index (κ1) is 39.1. The van der Waals surface area contributed by atoms with Gasteiger partial charge < -0.3 is 39.2 Å². The molecule has 4 aliphatic rings. The maximum atomic E-state index is 14.7. The van der Waals surface area contributed by atoms with Crippen molar-refractivity contribution in [2.24, 2.45) is 11.8 Å². The molecule has 4 saturated heterocycles. The van der Waals surface area contributed by atoms with E-state index in [2.05, 4.69) is 39.3 Å². The van der Waals surface area contributed by atoms with Crippen molar-refractivity contribution in [1.82, 2.24) is 20.0 Å². The Morgan fingerprint density at radius 2 is 1.92 bits per heavy atom. The van der Waals surface area contributed by atoms with Crippen molar-refractivity contribution in [2.75, 3.05) is 66.3 Å². The molecule has 1 aromatic rings. The molecule has 1 aromatic carbocycles. The van der Waals surface area contributed by atoms with Gasteiger partial charge in [0.05, 0.1) is 56.5 Å². The molecule has 0 radical (unpaired) electrons. The van der Waals surface area contributed by atoms with Crippen LogP contribution in [0.25, 0.3) is 0 Å². The molecule has 0 saturated carbocycles. The highest BCUT2D eigenvalue weighted by atomic mass is 79.9. The Labute approximate surface area is 308 Å². The van der Waals surface area contributed by atoms with Crippen LogP contribution >= 0.6 is 15.9 Å². The van der Waals surface area contributed by atoms with Crippen LogP contribution in [0, 0.1) is 11.8 Å². The van der Waals surface area contributed by atoms with Gasteiger partial charge in [0.2, 0.25) is 17.7 Å². The number of allylic oxidation sites excluding steroid dienone is 1. The normalized spacial score (nSPS) is 28.8. The number of nitrogens with one attached hydrogen (secondary N) is 1. The summed E-state index contributed by atoms with van der Waals surface area (Å²) in [6, 6.07) is 6.50. The summed E-state index contributed by atoms with van der Waals surface area (Å²) in [4.78, 5) is 61.6. The number of likely N-dealkylation sites (tertiary alicyclic amines) is 1. The number of amides is 3. The number of nitrogens with zero attached hydrogens (tertiary/aromatic N) is 3. The Hall–Kier alpha value is -3.14. The molecule has 13 nitrogen and oxygen atoms in total. The molecule has 51 heavy (non-hydrogen) atoms. The summed E-state index contributed by atoms with van der Waals surface area (Å²) in [5, 5.41) is 13.3. The van der Waals surface area contributed by atoms with Gasteiger partial charge in [-0.05, 0) is 25.3 Å². The molecule has 0 aliphatic carbocycles. The van der Waals surface area contributed by atoms with Crippen LogP contribution in [0.3, 0.4) is 0 Å². The zero-order valence-electron chi connectivity index (χ0n) is 29.5. The van der Waals surface area contributed by atoms with Crippen LogP contribution < -0.4 is 5.32 Å². The zero-order chi connectivity index (χ0) is 36.7. The Balaban J connectivity index is 1.46. The molecule has 5 rings (SSSR count). The van der Waals surface area contributed by atoms with E-state index < -0.39 is 59.6 Å². The molecule has 0 aromatic heterocycles. The van der Waals surface area contributed by atoms with Crippen molar-refractivity contribution < 1.29 is 43.2 Å². The van der Waals surface area contributed by atoms with Gasteiger partial charge >= 0.3 is 5.97 Å². The van der Waals surface area contributed by atoms with E-state index in [-0.39, 0.29) is 42.8 Å². The number of carbonyl (C=O) groups excluding carboxylic acids is 4. The van der Waals surface area contributed by atoms with Gasteiger partial charge in [-0.1, -0.05) is 58.4 Å². The van der Waals surface area contributed by atoms with E-state index in [1.54, 1.807) is 36.1 Å². The molecule has 4 heterocycles. The van der Waals surface area contributed by atoms with Gasteiger partial charge in [-0.3, -0.25) is 24.1 Å². The second-order valence-corrected chi connectivity index (χ2v) is 14.9. The summed E-state index contributed by atoms with van der Waals surface area (Å²) in [6.45, 7) is 12.9. The third-order valence-corrected chi connectivity index (χ3v) is 11.3. The molecule has 1 spiro atoms. The van der Waals surface area contributed by atoms with Crippen LogP contribution in [0.15, 0.2) is 55.6 Å². The first-order valence-electron chi connectivity index (χ1n) is 17.7. The Kier molecular flexibility index (Phi) is 13.5. The molecule has 14 heteroatoms. The minimum absolute atomic E-state index is 0.0482. The smallest absolute Gasteiger partial charge is 0.313 e. The zero-order valence-corrected chi connectivity index (χ0v) is 31.1. The van der Waals surface area contributed by atoms with Crippen molar-refractivity contribution in [3.8, 4) is 0 Å². The largest absolute Gasteiger partial charge is 0.455 e. The lowest BCUT2D eigenvalue weighted by atomic mass is 9.70. The highest BCUT2D eigenvalue weighted by Gasteiger charge is 2.77. The van der Waals surface area contributed by atoms with Gasteiger partial charge in [-0.2, -0.15) is 0 Å². The minimum atomic E-state index is -1.34. The number of ether oxygens (including phenoxy) is 4. The van der Waals surface area contributed by atoms with Gasteiger partial charge in [-0.25, -0.2) is 0 Å². The van der Waals surface area contributed by atoms with Crippen molar-refractivity contribution in [1.29, 1.82) is 0 Å². The Morgan fingerprint density at radius 1 is 1.20 bits per heavy atom. The van der Waals surface area contributed by atoms with E-state index in [0.717, 1.165) is 13.1 Å². The second kappa shape index (κ2) is 17.6. The van der Waals surface area contributed by atoms with Crippen LogP contribution in [0.5, 0.6) is 0 Å². The highest BCUT2D eigenvalue weighted by molar-refractivity contribution is 9.09. The third kappa shape index (κ3) is 8.11. The number of aliphatic hydroxyl groups is 1. The molecule has 1 unspecified atom stereocenters. The van der Waals surface area contributed by atoms with Crippen LogP contribution in [0.1, 0.15) is 37.9 Å². The average molecular weight is 776 g/mol. The second-order valence-electron chi connectivity index (χ2n) is 13.7. The molecule has 4 fully saturated rings. The molecule has 2 N–H and O–H groups in total. The van der Waals surface area contributed by atoms with Crippen LogP contribution in [-0.4, -0.2) is 144 Å². The van der Waals surface area contributed by atoms with Crippen molar-refractivity contribution in [2.45, 2.75) is 66.9 Å². The lowest BCUT2D eigenvalue weighted by Gasteiger charge is -2.39. The predicted molar refractivity (Wildman–Crippen MR) is 192 cm³/mol. The molecule has 280 valence electrons. The summed E-state index contributed by atoms with van der Waals surface area (Å²) in [5.41, 5.74) is -0.709. The van der Waals surface area contributed by atoms with Gasteiger partial charge in [0.25, 0.3) is 0 Å². The van der Waals surface area contributed by atoms with Gasteiger partial charge in [-0.15, -0.1) is 13.2 Å². The first-order chi connectivity index (χ1) is 24.6. The van der Waals surface area contributed by atoms with Crippen LogP contribution in [-0.2, 0) is 38.1 Å². The molecule has 3 amide bonds. The third-order valence-electron chi connectivity index (χ3n) is 10.4. The number of morpholine rings is 1. The van der Waals surface area contributed by atoms with Gasteiger partial charge in [0.1, 0.15) is 17.7 Å². The summed E-state index contributed by atoms with van der Waals surface area (Å²) >= 11 is 3.72. The highest BCUT2D eigenvalue weighted by Crippen LogP contribution is 2.61. The van der Waals surface area contributed by atoms with E-state index in [1.165, 1.54) is 12.0 Å². The number of carbonyl (C=O) groups is 4.